The standard InChI is InChI=1S/C30H27F3NO.C13H24O2.Ir/c1-28(2,3)24-16-20(15-19-8-6-7-9-21(19)24)26-27-23(12-13-34-26)22-11-10-18(14-25(22)35-27)17-29(4,5)30(31,32)33;1-5-10(6-2)12(14)9-13(15)11(7-3)8-4;/h6-14,16H,17H2,1-5H3;9-11,14H,5-8H2,1-4H3;/q-1;;/b;12-9-;. The SMILES string of the molecule is CC(C)(C)c1cc(-c2nccc3c2oc2cc(CC(C)(C)C(F)(F)F)ccc23)[c-]c2ccccc12.CCC(CC)C(=O)/C=C(\O)C(CC)CC.[Ir]. The zero-order valence-corrected chi connectivity index (χ0v) is 33.6. The van der Waals surface area contributed by atoms with Gasteiger partial charge in [-0.25, -0.2) is 0 Å². The first-order valence-electron chi connectivity index (χ1n) is 17.7. The zero-order valence-electron chi connectivity index (χ0n) is 31.2. The monoisotopic (exact) mass is 879 g/mol. The van der Waals surface area contributed by atoms with E-state index in [4.69, 9.17) is 4.42 Å². The second-order valence-corrected chi connectivity index (χ2v) is 14.9. The van der Waals surface area contributed by atoms with Crippen LogP contribution in [0.25, 0.3) is 44.0 Å². The number of fused-ring (bicyclic) bond motifs is 4. The number of pyridine rings is 1. The predicted molar refractivity (Wildman–Crippen MR) is 199 cm³/mol. The summed E-state index contributed by atoms with van der Waals surface area (Å²) in [4.78, 5) is 16.4. The molecule has 0 saturated carbocycles. The normalized spacial score (nSPS) is 12.8. The topological polar surface area (TPSA) is 63.3 Å². The molecule has 5 rings (SSSR count). The van der Waals surface area contributed by atoms with E-state index in [1.54, 1.807) is 18.3 Å². The zero-order chi connectivity index (χ0) is 37.0. The average Bonchev–Trinajstić information content (AvgIpc) is 3.42. The molecule has 51 heavy (non-hydrogen) atoms. The van der Waals surface area contributed by atoms with E-state index >= 15 is 0 Å². The number of rotatable bonds is 10. The Morgan fingerprint density at radius 1 is 0.863 bits per heavy atom. The molecule has 1 radical (unpaired) electrons. The fourth-order valence-corrected chi connectivity index (χ4v) is 6.42. The van der Waals surface area contributed by atoms with E-state index in [0.717, 1.165) is 52.8 Å². The van der Waals surface area contributed by atoms with Crippen molar-refractivity contribution in [2.24, 2.45) is 17.3 Å². The number of benzene rings is 3. The third-order valence-electron chi connectivity index (χ3n) is 9.79. The number of allylic oxidation sites excluding steroid dienone is 2. The first kappa shape index (κ1) is 41.9. The molecular weight excluding hydrogens is 828 g/mol. The number of halogens is 3. The van der Waals surface area contributed by atoms with Gasteiger partial charge in [-0.1, -0.05) is 104 Å². The maximum atomic E-state index is 13.4. The summed E-state index contributed by atoms with van der Waals surface area (Å²) in [7, 11) is 0. The van der Waals surface area contributed by atoms with Gasteiger partial charge < -0.3 is 9.52 Å². The minimum absolute atomic E-state index is 0. The van der Waals surface area contributed by atoms with Crippen molar-refractivity contribution in [3.05, 3.63) is 89.8 Å². The number of carbonyl (C=O) groups excluding carboxylic acids is 1. The van der Waals surface area contributed by atoms with Gasteiger partial charge in [0.15, 0.2) is 5.78 Å². The maximum absolute atomic E-state index is 13.4. The third-order valence-corrected chi connectivity index (χ3v) is 9.79. The number of aliphatic hydroxyl groups excluding tert-OH is 1. The van der Waals surface area contributed by atoms with Crippen LogP contribution in [0.5, 0.6) is 0 Å². The molecule has 0 aliphatic rings. The molecule has 2 aromatic heterocycles. The Labute approximate surface area is 314 Å². The number of aliphatic hydroxyl groups is 1. The van der Waals surface area contributed by atoms with Crippen molar-refractivity contribution in [2.45, 2.75) is 106 Å². The molecule has 2 heterocycles. The Bertz CT molecular complexity index is 1980. The minimum atomic E-state index is -4.29. The van der Waals surface area contributed by atoms with Gasteiger partial charge in [0.05, 0.1) is 11.2 Å². The Morgan fingerprint density at radius 3 is 2.08 bits per heavy atom. The summed E-state index contributed by atoms with van der Waals surface area (Å²) >= 11 is 0. The van der Waals surface area contributed by atoms with Crippen molar-refractivity contribution in [3.8, 4) is 11.3 Å². The number of hydrogen-bond acceptors (Lipinski definition) is 4. The number of furan rings is 1. The minimum Gasteiger partial charge on any atom is -0.512 e. The number of nitrogens with zero attached hydrogens (tertiary/aromatic N) is 1. The quantitative estimate of drug-likeness (QED) is 0.0862. The van der Waals surface area contributed by atoms with Gasteiger partial charge in [-0.05, 0) is 55.2 Å². The Hall–Kier alpha value is -3.48. The van der Waals surface area contributed by atoms with Crippen LogP contribution in [-0.2, 0) is 36.7 Å². The Morgan fingerprint density at radius 2 is 1.49 bits per heavy atom. The number of aromatic nitrogens is 1. The van der Waals surface area contributed by atoms with Crippen LogP contribution in [-0.4, -0.2) is 22.1 Å². The fraction of sp³-hybridized carbons (Fsp3) is 0.442. The number of ketones is 1. The molecule has 0 unspecified atom stereocenters. The average molecular weight is 879 g/mol. The van der Waals surface area contributed by atoms with Crippen LogP contribution in [0.15, 0.2) is 77.0 Å². The van der Waals surface area contributed by atoms with E-state index in [0.29, 0.717) is 22.4 Å². The van der Waals surface area contributed by atoms with Crippen molar-refractivity contribution in [3.63, 3.8) is 0 Å². The van der Waals surface area contributed by atoms with Gasteiger partial charge in [-0.2, -0.15) is 13.2 Å². The van der Waals surface area contributed by atoms with Crippen molar-refractivity contribution in [2.75, 3.05) is 0 Å². The molecule has 4 nitrogen and oxygen atoms in total. The van der Waals surface area contributed by atoms with E-state index in [2.05, 4.69) is 44.0 Å². The molecule has 3 aromatic carbocycles. The third kappa shape index (κ3) is 9.50. The molecule has 5 aromatic rings. The summed E-state index contributed by atoms with van der Waals surface area (Å²) in [6.45, 7) is 17.1. The number of hydrogen-bond donors (Lipinski definition) is 1. The van der Waals surface area contributed by atoms with Gasteiger partial charge in [0.2, 0.25) is 0 Å². The van der Waals surface area contributed by atoms with E-state index in [-0.39, 0.29) is 55.3 Å². The first-order valence-corrected chi connectivity index (χ1v) is 17.7. The molecular formula is C43H51F3IrNO3-. The van der Waals surface area contributed by atoms with Crippen LogP contribution >= 0.6 is 0 Å². The number of alkyl halides is 3. The van der Waals surface area contributed by atoms with Crippen molar-refractivity contribution in [1.29, 1.82) is 0 Å². The van der Waals surface area contributed by atoms with Gasteiger partial charge in [0.1, 0.15) is 11.2 Å². The molecule has 0 bridgehead atoms. The summed E-state index contributed by atoms with van der Waals surface area (Å²) in [6.07, 6.45) is 2.24. The van der Waals surface area contributed by atoms with Gasteiger partial charge in [0, 0.05) is 60.7 Å². The van der Waals surface area contributed by atoms with E-state index in [1.165, 1.54) is 25.5 Å². The van der Waals surface area contributed by atoms with Crippen molar-refractivity contribution >= 4 is 38.5 Å². The van der Waals surface area contributed by atoms with E-state index in [9.17, 15) is 23.1 Å². The Balaban J connectivity index is 0.000000374. The van der Waals surface area contributed by atoms with Crippen LogP contribution in [0, 0.1) is 23.3 Å². The fourth-order valence-electron chi connectivity index (χ4n) is 6.42. The summed E-state index contributed by atoms with van der Waals surface area (Å²) in [6, 6.07) is 21.0. The van der Waals surface area contributed by atoms with Crippen molar-refractivity contribution in [1.82, 2.24) is 4.98 Å². The predicted octanol–water partition coefficient (Wildman–Crippen LogP) is 12.9. The molecule has 277 valence electrons. The second kappa shape index (κ2) is 16.9. The van der Waals surface area contributed by atoms with Gasteiger partial charge in [-0.3, -0.25) is 9.78 Å². The summed E-state index contributed by atoms with van der Waals surface area (Å²) in [5.74, 6) is 0.547. The molecule has 0 fully saturated rings. The second-order valence-electron chi connectivity index (χ2n) is 14.9. The summed E-state index contributed by atoms with van der Waals surface area (Å²) in [5, 5.41) is 13.6. The van der Waals surface area contributed by atoms with Crippen LogP contribution in [0.4, 0.5) is 13.2 Å². The van der Waals surface area contributed by atoms with Crippen LogP contribution in [0.3, 0.4) is 0 Å². The molecule has 0 aliphatic heterocycles. The molecule has 8 heteroatoms. The molecule has 0 aliphatic carbocycles. The van der Waals surface area contributed by atoms with E-state index < -0.39 is 11.6 Å². The van der Waals surface area contributed by atoms with Gasteiger partial charge in [0.25, 0.3) is 0 Å². The molecule has 0 amide bonds. The molecule has 0 spiro atoms. The maximum Gasteiger partial charge on any atom is 0.394 e. The van der Waals surface area contributed by atoms with E-state index in [1.807, 2.05) is 58.0 Å². The van der Waals surface area contributed by atoms with Gasteiger partial charge in [-0.15, -0.1) is 29.1 Å². The molecule has 0 atom stereocenters. The molecule has 0 saturated heterocycles. The van der Waals surface area contributed by atoms with Gasteiger partial charge >= 0.3 is 6.18 Å². The summed E-state index contributed by atoms with van der Waals surface area (Å²) in [5.41, 5.74) is 2.52. The summed E-state index contributed by atoms with van der Waals surface area (Å²) < 4.78 is 46.6. The Kier molecular flexibility index (Phi) is 13.9. The van der Waals surface area contributed by atoms with Crippen LogP contribution in [0.2, 0.25) is 0 Å². The van der Waals surface area contributed by atoms with Crippen molar-refractivity contribution < 1.29 is 47.6 Å². The van der Waals surface area contributed by atoms with Crippen LogP contribution in [0.1, 0.15) is 99.1 Å². The largest absolute Gasteiger partial charge is 0.512 e. The smallest absolute Gasteiger partial charge is 0.394 e. The first-order chi connectivity index (χ1) is 23.4. The molecule has 1 N–H and O–H groups in total. The number of carbonyl (C=O) groups is 1. The van der Waals surface area contributed by atoms with Crippen LogP contribution < -0.4 is 0 Å².